The molecule has 3 aromatic rings. The van der Waals surface area contributed by atoms with Gasteiger partial charge in [-0.2, -0.15) is 0 Å². The van der Waals surface area contributed by atoms with Gasteiger partial charge in [0.05, 0.1) is 17.6 Å². The number of aryl methyl sites for hydroxylation is 2. The predicted octanol–water partition coefficient (Wildman–Crippen LogP) is 3.49. The molecule has 0 fully saturated rings. The molecule has 0 aliphatic heterocycles. The predicted molar refractivity (Wildman–Crippen MR) is 103 cm³/mol. The summed E-state index contributed by atoms with van der Waals surface area (Å²) in [4.78, 5) is 15.8. The molecular formula is C21H25N3O2. The molecule has 0 saturated heterocycles. The lowest BCUT2D eigenvalue weighted by Crippen LogP contribution is -2.21. The van der Waals surface area contributed by atoms with Crippen molar-refractivity contribution < 1.29 is 9.53 Å². The van der Waals surface area contributed by atoms with Crippen molar-refractivity contribution in [1.29, 1.82) is 0 Å². The maximum Gasteiger partial charge on any atom is 0.216 e. The van der Waals surface area contributed by atoms with E-state index in [1.807, 2.05) is 36.4 Å². The molecule has 26 heavy (non-hydrogen) atoms. The van der Waals surface area contributed by atoms with Crippen LogP contribution in [0, 0.1) is 6.92 Å². The molecule has 5 heteroatoms. The van der Waals surface area contributed by atoms with Crippen molar-refractivity contribution in [2.45, 2.75) is 33.2 Å². The first-order valence-corrected chi connectivity index (χ1v) is 9.01. The van der Waals surface area contributed by atoms with Crippen LogP contribution in [0.15, 0.2) is 48.5 Å². The number of para-hydroxylation sites is 2. The summed E-state index contributed by atoms with van der Waals surface area (Å²) in [5, 5.41) is 2.84. The molecule has 1 amide bonds. The maximum atomic E-state index is 11.0. The monoisotopic (exact) mass is 351 g/mol. The highest BCUT2D eigenvalue weighted by Gasteiger charge is 2.10. The zero-order valence-electron chi connectivity index (χ0n) is 15.4. The summed E-state index contributed by atoms with van der Waals surface area (Å²) in [6, 6.07) is 16.2. The van der Waals surface area contributed by atoms with Crippen LogP contribution in [-0.4, -0.2) is 28.6 Å². The summed E-state index contributed by atoms with van der Waals surface area (Å²) in [5.74, 6) is 1.93. The molecule has 0 aliphatic rings. The number of nitrogens with zero attached hydrogens (tertiary/aromatic N) is 2. The minimum absolute atomic E-state index is 0.00468. The van der Waals surface area contributed by atoms with Crippen LogP contribution in [0.2, 0.25) is 0 Å². The zero-order valence-corrected chi connectivity index (χ0v) is 15.4. The highest BCUT2D eigenvalue weighted by atomic mass is 16.5. The third-order valence-electron chi connectivity index (χ3n) is 4.26. The number of benzene rings is 2. The van der Waals surface area contributed by atoms with Crippen LogP contribution in [0.3, 0.4) is 0 Å². The summed E-state index contributed by atoms with van der Waals surface area (Å²) >= 11 is 0. The standard InChI is InChI=1S/C21H25N3O2/c1-16-7-5-8-18(15-16)26-14-13-24-20-10-4-3-9-19(20)23-21(24)11-6-12-22-17(2)25/h3-5,7-10,15H,6,11-14H2,1-2H3,(H,22,25). The number of hydrogen-bond acceptors (Lipinski definition) is 3. The molecular weight excluding hydrogens is 326 g/mol. The first-order chi connectivity index (χ1) is 12.6. The average Bonchev–Trinajstić information content (AvgIpc) is 2.96. The zero-order chi connectivity index (χ0) is 18.4. The topological polar surface area (TPSA) is 56.2 Å². The number of imidazole rings is 1. The maximum absolute atomic E-state index is 11.0. The molecule has 0 saturated carbocycles. The van der Waals surface area contributed by atoms with Gasteiger partial charge in [-0.15, -0.1) is 0 Å². The van der Waals surface area contributed by atoms with Gasteiger partial charge in [-0.1, -0.05) is 24.3 Å². The first-order valence-electron chi connectivity index (χ1n) is 9.01. The highest BCUT2D eigenvalue weighted by Crippen LogP contribution is 2.18. The van der Waals surface area contributed by atoms with Gasteiger partial charge < -0.3 is 14.6 Å². The quantitative estimate of drug-likeness (QED) is 0.632. The van der Waals surface area contributed by atoms with Crippen LogP contribution in [0.5, 0.6) is 5.75 Å². The van der Waals surface area contributed by atoms with E-state index in [2.05, 4.69) is 28.9 Å². The highest BCUT2D eigenvalue weighted by molar-refractivity contribution is 5.76. The van der Waals surface area contributed by atoms with Crippen molar-refractivity contribution in [3.63, 3.8) is 0 Å². The average molecular weight is 351 g/mol. The molecule has 0 spiro atoms. The Kier molecular flexibility index (Phi) is 5.89. The van der Waals surface area contributed by atoms with Gasteiger partial charge in [0, 0.05) is 19.9 Å². The summed E-state index contributed by atoms with van der Waals surface area (Å²) in [7, 11) is 0. The summed E-state index contributed by atoms with van der Waals surface area (Å²) < 4.78 is 8.14. The van der Waals surface area contributed by atoms with E-state index in [-0.39, 0.29) is 5.91 Å². The van der Waals surface area contributed by atoms with Gasteiger partial charge in [0.2, 0.25) is 5.91 Å². The van der Waals surface area contributed by atoms with E-state index in [1.165, 1.54) is 12.5 Å². The molecule has 1 heterocycles. The second-order valence-electron chi connectivity index (χ2n) is 6.42. The Labute approximate surface area is 154 Å². The van der Waals surface area contributed by atoms with Crippen LogP contribution in [0.25, 0.3) is 11.0 Å². The summed E-state index contributed by atoms with van der Waals surface area (Å²) in [5.41, 5.74) is 3.31. The van der Waals surface area contributed by atoms with Crippen LogP contribution in [0.1, 0.15) is 24.7 Å². The van der Waals surface area contributed by atoms with Crippen molar-refractivity contribution in [2.24, 2.45) is 0 Å². The minimum atomic E-state index is 0.00468. The summed E-state index contributed by atoms with van der Waals surface area (Å²) in [6.45, 7) is 5.59. The Bertz CT molecular complexity index is 886. The fourth-order valence-electron chi connectivity index (χ4n) is 3.04. The second-order valence-corrected chi connectivity index (χ2v) is 6.42. The molecule has 0 radical (unpaired) electrons. The van der Waals surface area contributed by atoms with Crippen LogP contribution in [-0.2, 0) is 17.8 Å². The van der Waals surface area contributed by atoms with Gasteiger partial charge in [0.25, 0.3) is 0 Å². The molecule has 0 atom stereocenters. The fraction of sp³-hybridized carbons (Fsp3) is 0.333. The Morgan fingerprint density at radius 1 is 1.19 bits per heavy atom. The number of aromatic nitrogens is 2. The van der Waals surface area contributed by atoms with Crippen LogP contribution >= 0.6 is 0 Å². The molecule has 2 aromatic carbocycles. The normalized spacial score (nSPS) is 10.8. The Balaban J connectivity index is 1.68. The number of hydrogen-bond donors (Lipinski definition) is 1. The van der Waals surface area contributed by atoms with E-state index in [4.69, 9.17) is 9.72 Å². The van der Waals surface area contributed by atoms with Crippen LogP contribution in [0.4, 0.5) is 0 Å². The SMILES string of the molecule is CC(=O)NCCCc1nc2ccccc2n1CCOc1cccc(C)c1. The molecule has 1 aromatic heterocycles. The van der Waals surface area contributed by atoms with Gasteiger partial charge in [0.1, 0.15) is 18.2 Å². The van der Waals surface area contributed by atoms with Crippen molar-refractivity contribution in [3.8, 4) is 5.75 Å². The number of ether oxygens (including phenoxy) is 1. The lowest BCUT2D eigenvalue weighted by atomic mass is 10.2. The van der Waals surface area contributed by atoms with Crippen molar-refractivity contribution >= 4 is 16.9 Å². The van der Waals surface area contributed by atoms with Crippen molar-refractivity contribution in [1.82, 2.24) is 14.9 Å². The number of carbonyl (C=O) groups is 1. The summed E-state index contributed by atoms with van der Waals surface area (Å²) in [6.07, 6.45) is 1.68. The molecule has 0 bridgehead atoms. The lowest BCUT2D eigenvalue weighted by molar-refractivity contribution is -0.118. The van der Waals surface area contributed by atoms with E-state index in [9.17, 15) is 4.79 Å². The van der Waals surface area contributed by atoms with E-state index in [1.54, 1.807) is 0 Å². The fourth-order valence-corrected chi connectivity index (χ4v) is 3.04. The lowest BCUT2D eigenvalue weighted by Gasteiger charge is -2.11. The van der Waals surface area contributed by atoms with Crippen molar-refractivity contribution in [2.75, 3.05) is 13.2 Å². The number of fused-ring (bicyclic) bond motifs is 1. The number of rotatable bonds is 8. The number of nitrogens with one attached hydrogen (secondary N) is 1. The molecule has 1 N–H and O–H groups in total. The molecule has 136 valence electrons. The second kappa shape index (κ2) is 8.52. The number of amides is 1. The Morgan fingerprint density at radius 3 is 2.85 bits per heavy atom. The van der Waals surface area contributed by atoms with E-state index in [0.29, 0.717) is 13.2 Å². The van der Waals surface area contributed by atoms with Gasteiger partial charge in [-0.05, 0) is 43.2 Å². The number of carbonyl (C=O) groups excluding carboxylic acids is 1. The largest absolute Gasteiger partial charge is 0.492 e. The van der Waals surface area contributed by atoms with Gasteiger partial charge in [-0.25, -0.2) is 4.98 Å². The van der Waals surface area contributed by atoms with Gasteiger partial charge in [0.15, 0.2) is 0 Å². The van der Waals surface area contributed by atoms with Crippen LogP contribution < -0.4 is 10.1 Å². The van der Waals surface area contributed by atoms with Crippen molar-refractivity contribution in [3.05, 3.63) is 59.9 Å². The minimum Gasteiger partial charge on any atom is -0.492 e. The molecule has 5 nitrogen and oxygen atoms in total. The molecule has 0 unspecified atom stereocenters. The van der Waals surface area contributed by atoms with Gasteiger partial charge in [-0.3, -0.25) is 4.79 Å². The Morgan fingerprint density at radius 2 is 2.04 bits per heavy atom. The molecule has 3 rings (SSSR count). The van der Waals surface area contributed by atoms with E-state index < -0.39 is 0 Å². The third-order valence-corrected chi connectivity index (χ3v) is 4.26. The first kappa shape index (κ1) is 18.0. The Hall–Kier alpha value is -2.82. The third kappa shape index (κ3) is 4.63. The molecule has 0 aliphatic carbocycles. The van der Waals surface area contributed by atoms with Gasteiger partial charge >= 0.3 is 0 Å². The van der Waals surface area contributed by atoms with E-state index >= 15 is 0 Å². The van der Waals surface area contributed by atoms with E-state index in [0.717, 1.165) is 42.0 Å². The smallest absolute Gasteiger partial charge is 0.216 e.